The molecule has 11 heteroatoms. The van der Waals surface area contributed by atoms with Crippen LogP contribution in [-0.4, -0.2) is 56.6 Å². The first-order valence-electron chi connectivity index (χ1n) is 11.9. The third-order valence-corrected chi connectivity index (χ3v) is 7.05. The van der Waals surface area contributed by atoms with E-state index < -0.39 is 0 Å². The summed E-state index contributed by atoms with van der Waals surface area (Å²) in [7, 11) is 1.64. The van der Waals surface area contributed by atoms with E-state index in [4.69, 9.17) is 4.74 Å². The predicted molar refractivity (Wildman–Crippen MR) is 137 cm³/mol. The highest BCUT2D eigenvalue weighted by Gasteiger charge is 2.29. The average Bonchev–Trinajstić information content (AvgIpc) is 3.55. The van der Waals surface area contributed by atoms with Crippen molar-refractivity contribution in [2.24, 2.45) is 0 Å². The number of methoxy groups -OCH3 is 1. The number of likely N-dealkylation sites (tertiary alicyclic amines) is 1. The SMILES string of the molecule is COc1ccc2[nH]cc(CCNC(=O)c3nnsc3NC(=O)N3CCCC[C@@H]3c3cccnc3)c2c1. The maximum Gasteiger partial charge on any atom is 0.323 e. The number of rotatable bonds is 7. The second-order valence-corrected chi connectivity index (χ2v) is 9.36. The van der Waals surface area contributed by atoms with Crippen molar-refractivity contribution in [3.63, 3.8) is 0 Å². The van der Waals surface area contributed by atoms with Crippen molar-refractivity contribution in [3.05, 3.63) is 65.7 Å². The summed E-state index contributed by atoms with van der Waals surface area (Å²) in [5.41, 5.74) is 3.19. The number of nitrogens with one attached hydrogen (secondary N) is 3. The molecule has 1 aliphatic rings. The van der Waals surface area contributed by atoms with Gasteiger partial charge in [0.1, 0.15) is 5.75 Å². The van der Waals surface area contributed by atoms with E-state index in [1.807, 2.05) is 36.5 Å². The van der Waals surface area contributed by atoms with Crippen molar-refractivity contribution in [1.82, 2.24) is 29.8 Å². The fourth-order valence-corrected chi connectivity index (χ4v) is 5.13. The lowest BCUT2D eigenvalue weighted by Crippen LogP contribution is -2.41. The first kappa shape index (κ1) is 23.7. The molecule has 0 unspecified atom stereocenters. The summed E-state index contributed by atoms with van der Waals surface area (Å²) in [5, 5.41) is 11.1. The maximum atomic E-state index is 13.2. The summed E-state index contributed by atoms with van der Waals surface area (Å²) in [6, 6.07) is 9.38. The zero-order valence-corrected chi connectivity index (χ0v) is 20.7. The highest BCUT2D eigenvalue weighted by atomic mass is 32.1. The lowest BCUT2D eigenvalue weighted by atomic mass is 9.97. The van der Waals surface area contributed by atoms with E-state index >= 15 is 0 Å². The van der Waals surface area contributed by atoms with E-state index in [-0.39, 0.29) is 23.7 Å². The van der Waals surface area contributed by atoms with E-state index in [0.717, 1.165) is 58.6 Å². The van der Waals surface area contributed by atoms with Gasteiger partial charge in [0.05, 0.1) is 13.2 Å². The van der Waals surface area contributed by atoms with E-state index in [2.05, 4.69) is 30.2 Å². The number of carbonyl (C=O) groups excluding carboxylic acids is 2. The van der Waals surface area contributed by atoms with Gasteiger partial charge in [-0.25, -0.2) is 4.79 Å². The topological polar surface area (TPSA) is 125 Å². The fraction of sp³-hybridized carbons (Fsp3) is 0.320. The number of anilines is 1. The third-order valence-electron chi connectivity index (χ3n) is 6.41. The Morgan fingerprint density at radius 2 is 2.19 bits per heavy atom. The zero-order chi connectivity index (χ0) is 24.9. The lowest BCUT2D eigenvalue weighted by Gasteiger charge is -2.35. The molecule has 0 radical (unpaired) electrons. The lowest BCUT2D eigenvalue weighted by molar-refractivity contribution is 0.0950. The molecule has 186 valence electrons. The number of hydrogen-bond donors (Lipinski definition) is 3. The van der Waals surface area contributed by atoms with Gasteiger partial charge >= 0.3 is 6.03 Å². The number of aromatic amines is 1. The first-order chi connectivity index (χ1) is 17.6. The van der Waals surface area contributed by atoms with Crippen molar-refractivity contribution < 1.29 is 14.3 Å². The number of benzene rings is 1. The molecule has 1 atom stereocenters. The van der Waals surface area contributed by atoms with Crippen LogP contribution in [0, 0.1) is 0 Å². The molecule has 1 saturated heterocycles. The number of pyridine rings is 1. The number of nitrogens with zero attached hydrogens (tertiary/aromatic N) is 4. The number of H-pyrrole nitrogens is 1. The third kappa shape index (κ3) is 5.01. The molecule has 4 aromatic rings. The second kappa shape index (κ2) is 10.7. The minimum Gasteiger partial charge on any atom is -0.497 e. The van der Waals surface area contributed by atoms with Crippen molar-refractivity contribution in [2.75, 3.05) is 25.5 Å². The standard InChI is InChI=1S/C25H27N7O3S/c1-35-18-7-8-20-19(13-18)16(15-28-20)9-11-27-23(33)22-24(36-31-30-22)29-25(34)32-12-3-2-6-21(32)17-5-4-10-26-14-17/h4-5,7-8,10,13-15,21,28H,2-3,6,9,11-12H2,1H3,(H,27,33)(H,29,34)/t21-/m1/s1. The van der Waals surface area contributed by atoms with Crippen molar-refractivity contribution >= 4 is 39.4 Å². The molecule has 10 nitrogen and oxygen atoms in total. The molecule has 1 aliphatic heterocycles. The molecule has 3 N–H and O–H groups in total. The van der Waals surface area contributed by atoms with Crippen LogP contribution in [0.1, 0.15) is 46.9 Å². The number of urea groups is 1. The molecule has 4 heterocycles. The van der Waals surface area contributed by atoms with Gasteiger partial charge in [0.15, 0.2) is 10.7 Å². The Morgan fingerprint density at radius 1 is 1.28 bits per heavy atom. The Labute approximate surface area is 212 Å². The largest absolute Gasteiger partial charge is 0.497 e. The Balaban J connectivity index is 1.22. The summed E-state index contributed by atoms with van der Waals surface area (Å²) >= 11 is 0.993. The Bertz CT molecular complexity index is 1350. The minimum absolute atomic E-state index is 0.0552. The van der Waals surface area contributed by atoms with Crippen LogP contribution >= 0.6 is 11.5 Å². The second-order valence-electron chi connectivity index (χ2n) is 8.60. The Kier molecular flexibility index (Phi) is 7.08. The molecule has 0 spiro atoms. The molecule has 1 fully saturated rings. The summed E-state index contributed by atoms with van der Waals surface area (Å²) in [6.07, 6.45) is 8.92. The highest BCUT2D eigenvalue weighted by Crippen LogP contribution is 2.31. The van der Waals surface area contributed by atoms with E-state index in [1.54, 1.807) is 24.4 Å². The highest BCUT2D eigenvalue weighted by molar-refractivity contribution is 7.10. The minimum atomic E-state index is -0.376. The molecule has 0 aliphatic carbocycles. The number of piperidine rings is 1. The van der Waals surface area contributed by atoms with Gasteiger partial charge < -0.3 is 19.9 Å². The predicted octanol–water partition coefficient (Wildman–Crippen LogP) is 4.15. The quantitative estimate of drug-likeness (QED) is 0.346. The van der Waals surface area contributed by atoms with Gasteiger partial charge in [0.2, 0.25) is 0 Å². The van der Waals surface area contributed by atoms with Gasteiger partial charge in [-0.2, -0.15) is 0 Å². The van der Waals surface area contributed by atoms with Gasteiger partial charge in [-0.15, -0.1) is 5.10 Å². The molecule has 5 rings (SSSR count). The number of aromatic nitrogens is 4. The van der Waals surface area contributed by atoms with E-state index in [1.165, 1.54) is 0 Å². The number of carbonyl (C=O) groups is 2. The van der Waals surface area contributed by atoms with E-state index in [9.17, 15) is 9.59 Å². The molecular weight excluding hydrogens is 478 g/mol. The van der Waals surface area contributed by atoms with Crippen LogP contribution < -0.4 is 15.4 Å². The Hall–Kier alpha value is -3.99. The molecule has 3 amide bonds. The monoisotopic (exact) mass is 505 g/mol. The van der Waals surface area contributed by atoms with Gasteiger partial charge in [-0.3, -0.25) is 15.1 Å². The zero-order valence-electron chi connectivity index (χ0n) is 19.9. The van der Waals surface area contributed by atoms with Crippen LogP contribution in [0.5, 0.6) is 5.75 Å². The van der Waals surface area contributed by atoms with Gasteiger partial charge in [-0.1, -0.05) is 10.6 Å². The maximum absolute atomic E-state index is 13.2. The number of hydrogen-bond acceptors (Lipinski definition) is 7. The van der Waals surface area contributed by atoms with Gasteiger partial charge in [-0.05, 0) is 61.1 Å². The molecule has 1 aromatic carbocycles. The molecule has 3 aromatic heterocycles. The molecule has 36 heavy (non-hydrogen) atoms. The van der Waals surface area contributed by atoms with Crippen molar-refractivity contribution in [1.29, 1.82) is 0 Å². The molecule has 0 saturated carbocycles. The summed E-state index contributed by atoms with van der Waals surface area (Å²) in [4.78, 5) is 35.3. The normalized spacial score (nSPS) is 15.6. The molecular formula is C25H27N7O3S. The van der Waals surface area contributed by atoms with Crippen LogP contribution in [0.3, 0.4) is 0 Å². The van der Waals surface area contributed by atoms with Gasteiger partial charge in [0, 0.05) is 54.1 Å². The number of amides is 3. The van der Waals surface area contributed by atoms with Crippen molar-refractivity contribution in [2.45, 2.75) is 31.7 Å². The number of ether oxygens (including phenoxy) is 1. The number of fused-ring (bicyclic) bond motifs is 1. The summed E-state index contributed by atoms with van der Waals surface area (Å²) in [6.45, 7) is 1.04. The summed E-state index contributed by atoms with van der Waals surface area (Å²) in [5.74, 6) is 0.403. The van der Waals surface area contributed by atoms with Crippen LogP contribution in [0.25, 0.3) is 10.9 Å². The first-order valence-corrected chi connectivity index (χ1v) is 12.6. The Morgan fingerprint density at radius 3 is 3.03 bits per heavy atom. The van der Waals surface area contributed by atoms with Gasteiger partial charge in [0.25, 0.3) is 5.91 Å². The van der Waals surface area contributed by atoms with Crippen LogP contribution in [0.2, 0.25) is 0 Å². The van der Waals surface area contributed by atoms with Crippen LogP contribution in [0.15, 0.2) is 48.9 Å². The smallest absolute Gasteiger partial charge is 0.323 e. The average molecular weight is 506 g/mol. The molecule has 0 bridgehead atoms. The van der Waals surface area contributed by atoms with Crippen molar-refractivity contribution in [3.8, 4) is 5.75 Å². The summed E-state index contributed by atoms with van der Waals surface area (Å²) < 4.78 is 9.23. The van der Waals surface area contributed by atoms with E-state index in [0.29, 0.717) is 24.5 Å². The van der Waals surface area contributed by atoms with Crippen LogP contribution in [0.4, 0.5) is 9.80 Å². The fourth-order valence-electron chi connectivity index (χ4n) is 4.57. The van der Waals surface area contributed by atoms with Crippen LogP contribution in [-0.2, 0) is 6.42 Å².